The number of ketones is 2. The zero-order valence-corrected chi connectivity index (χ0v) is 71.1. The van der Waals surface area contributed by atoms with Gasteiger partial charge < -0.3 is 70.1 Å². The van der Waals surface area contributed by atoms with Gasteiger partial charge in [0.2, 0.25) is 40.9 Å². The van der Waals surface area contributed by atoms with Crippen LogP contribution in [-0.2, 0) is 72.6 Å². The van der Waals surface area contributed by atoms with Crippen LogP contribution in [0.25, 0.3) is 22.6 Å². The Morgan fingerprint density at radius 2 is 0.983 bits per heavy atom. The van der Waals surface area contributed by atoms with Gasteiger partial charge in [-0.3, -0.25) is 61.8 Å². The molecule has 2 bridgehead atoms. The number of carbonyl (C=O) groups is 12. The predicted molar refractivity (Wildman–Crippen MR) is 435 cm³/mol. The first kappa shape index (κ1) is 91.8. The number of benzene rings is 4. The lowest BCUT2D eigenvalue weighted by molar-refractivity contribution is -0.163. The molecule has 8 aliphatic rings. The van der Waals surface area contributed by atoms with Crippen molar-refractivity contribution >= 4 is 97.9 Å². The number of aryl methyl sites for hydroxylation is 1. The number of fused-ring (bicyclic) bond motifs is 6. The van der Waals surface area contributed by atoms with E-state index in [1.807, 2.05) is 0 Å². The van der Waals surface area contributed by atoms with Crippen LogP contribution in [-0.4, -0.2) is 233 Å². The molecule has 11 rings (SSSR count). The Bertz CT molecular complexity index is 4670. The summed E-state index contributed by atoms with van der Waals surface area (Å²) in [7, 11) is 3.28. The second-order valence-electron chi connectivity index (χ2n) is 33.7. The second kappa shape index (κ2) is 38.8. The molecule has 5 aliphatic heterocycles. The molecular weight excluding hydrogens is 1540 g/mol. The second-order valence-corrected chi connectivity index (χ2v) is 34.6. The zero-order chi connectivity index (χ0) is 87.1. The Labute approximate surface area is 688 Å². The van der Waals surface area contributed by atoms with Crippen LogP contribution in [0.15, 0.2) is 82.0 Å². The summed E-state index contributed by atoms with van der Waals surface area (Å²) in [4.78, 5) is 200. The van der Waals surface area contributed by atoms with Crippen molar-refractivity contribution in [3.05, 3.63) is 116 Å². The standard InChI is InChI=1S/C64H88N10O16.C21H25NO.H2O4S/c1-27(2)44-53(78)35-19-17-21-37(35)61(84)71(13)25-40(75)73(15)50(29(5)6)63(86)88-33(11)46(59(82)67-44)69-57(80)39-24-23-31(9)55-48(39)66-49-42(43(65)52(77)32(10)56(49)90-55)58(81)70-47-34(12)89-64(87)51(30(7)8)74(16)41(76)26-72(14)62(85)38-22-18-20-36(38)54(79)45(28(3)4)68-60(47)83;1-22-18-12-13-19(22)15-20(14-18)23-21(16-8-4-2-5-9-16)17-10-6-3-7-11-17;1-5(2,3)4/h23-24,27-30,33-38,44-47,50-51H,17-22,25-26,65H2,1-16H3,(H,67,82)(H,68,83)(H,69,80)(H,70,81);2-11,18-21H,12-15H2,1H3;(H2,1,2,3,4). The molecule has 3 aromatic rings. The van der Waals surface area contributed by atoms with E-state index in [9.17, 15) is 52.7 Å². The number of rotatable bonds is 12. The molecule has 2 saturated carbocycles. The van der Waals surface area contributed by atoms with Gasteiger partial charge in [-0.05, 0) is 133 Å². The molecule has 14 unspecified atom stereocenters. The number of hydrogen-bond acceptors (Lipinski definition) is 22. The maximum atomic E-state index is 15.2. The summed E-state index contributed by atoms with van der Waals surface area (Å²) in [5.41, 5.74) is 6.18. The summed E-state index contributed by atoms with van der Waals surface area (Å²) in [5, 5.41) is 10.8. The summed E-state index contributed by atoms with van der Waals surface area (Å²) in [6, 6.07) is 17.0. The topological polar surface area (TPSA) is 441 Å². The normalized spacial score (nSPS) is 27.1. The third-order valence-electron chi connectivity index (χ3n) is 23.9. The first-order valence-electron chi connectivity index (χ1n) is 40.5. The van der Waals surface area contributed by atoms with E-state index in [-0.39, 0.29) is 39.8 Å². The molecule has 642 valence electrons. The van der Waals surface area contributed by atoms with E-state index in [0.29, 0.717) is 62.3 Å². The van der Waals surface area contributed by atoms with Gasteiger partial charge in [-0.15, -0.1) is 0 Å². The van der Waals surface area contributed by atoms with E-state index in [1.54, 1.807) is 62.3 Å². The molecule has 6 fully saturated rings. The number of anilines is 1. The fourth-order valence-electron chi connectivity index (χ4n) is 17.4. The monoisotopic (exact) mass is 1660 g/mol. The van der Waals surface area contributed by atoms with Gasteiger partial charge >= 0.3 is 22.3 Å². The highest BCUT2D eigenvalue weighted by atomic mass is 32.3. The number of carbonyl (C=O) groups excluding carboxylic acids is 12. The lowest BCUT2D eigenvalue weighted by Crippen LogP contribution is -2.59. The predicted octanol–water partition coefficient (Wildman–Crippen LogP) is 6.48. The highest BCUT2D eigenvalue weighted by molar-refractivity contribution is 7.79. The quantitative estimate of drug-likeness (QED) is 0.0304. The van der Waals surface area contributed by atoms with Gasteiger partial charge in [0, 0.05) is 69.5 Å². The molecule has 0 spiro atoms. The van der Waals surface area contributed by atoms with Crippen molar-refractivity contribution in [2.24, 2.45) is 47.3 Å². The van der Waals surface area contributed by atoms with Crippen molar-refractivity contribution in [3.8, 4) is 11.5 Å². The molecule has 3 aromatic carbocycles. The Hall–Kier alpha value is -10.1. The molecule has 33 heteroatoms. The van der Waals surface area contributed by atoms with Crippen LogP contribution >= 0.6 is 0 Å². The fourth-order valence-corrected chi connectivity index (χ4v) is 17.4. The molecule has 8 N–H and O–H groups in total. The van der Waals surface area contributed by atoms with Crippen LogP contribution in [0.5, 0.6) is 0 Å². The van der Waals surface area contributed by atoms with E-state index in [4.69, 9.17) is 46.9 Å². The van der Waals surface area contributed by atoms with E-state index in [0.717, 1.165) is 9.80 Å². The number of cyclic esters (lactones) is 2. The van der Waals surface area contributed by atoms with Crippen LogP contribution in [0, 0.1) is 61.2 Å². The number of ether oxygens (including phenoxy) is 3. The number of nitrogens with one attached hydrogen (secondary N) is 4. The molecule has 0 aromatic heterocycles. The summed E-state index contributed by atoms with van der Waals surface area (Å²) >= 11 is 0. The maximum absolute atomic E-state index is 15.2. The molecule has 0 radical (unpaired) electrons. The van der Waals surface area contributed by atoms with Crippen molar-refractivity contribution < 1.29 is 93.7 Å². The number of piperidine rings is 1. The number of hydrogen-bond donors (Lipinski definition) is 7. The lowest BCUT2D eigenvalue weighted by atomic mass is 9.83. The molecular formula is C85H115N11O21S. The number of nitrogens with two attached hydrogens (primary N) is 1. The van der Waals surface area contributed by atoms with E-state index >= 15 is 9.59 Å². The zero-order valence-electron chi connectivity index (χ0n) is 70.3. The minimum absolute atomic E-state index is 0.0465. The van der Waals surface area contributed by atoms with E-state index < -0.39 is 207 Å². The van der Waals surface area contributed by atoms with Crippen molar-refractivity contribution in [2.75, 3.05) is 54.1 Å². The fraction of sp³-hybridized carbons (Fsp3) is 0.576. The van der Waals surface area contributed by atoms with Gasteiger partial charge in [0.1, 0.15) is 53.7 Å². The van der Waals surface area contributed by atoms with Gasteiger partial charge in [0.15, 0.2) is 22.9 Å². The van der Waals surface area contributed by atoms with Crippen LogP contribution < -0.4 is 32.4 Å². The van der Waals surface area contributed by atoms with Crippen LogP contribution in [0.3, 0.4) is 0 Å². The Kier molecular flexibility index (Phi) is 30.1. The van der Waals surface area contributed by atoms with E-state index in [2.05, 4.69) is 93.9 Å². The molecule has 14 atom stereocenters. The third-order valence-corrected chi connectivity index (χ3v) is 23.9. The molecule has 3 aliphatic carbocycles. The highest BCUT2D eigenvalue weighted by Crippen LogP contribution is 2.42. The van der Waals surface area contributed by atoms with Crippen LogP contribution in [0.1, 0.15) is 183 Å². The Morgan fingerprint density at radius 1 is 0.576 bits per heavy atom. The highest BCUT2D eigenvalue weighted by Gasteiger charge is 2.49. The van der Waals surface area contributed by atoms with Crippen LogP contribution in [0.2, 0.25) is 0 Å². The average molecular weight is 1660 g/mol. The number of aromatic nitrogens is 1. The number of Topliss-reactive ketones (excluding diaryl/α,β-unsaturated/α-hetero) is 2. The summed E-state index contributed by atoms with van der Waals surface area (Å²) in [6.45, 7) is 18.3. The van der Waals surface area contributed by atoms with Crippen molar-refractivity contribution in [2.45, 2.75) is 220 Å². The molecule has 32 nitrogen and oxygen atoms in total. The van der Waals surface area contributed by atoms with Gasteiger partial charge in [-0.25, -0.2) is 14.6 Å². The first-order chi connectivity index (χ1) is 55.4. The maximum Gasteiger partial charge on any atom is 0.394 e. The molecule has 8 amide bonds. The summed E-state index contributed by atoms with van der Waals surface area (Å²) in [6.07, 6.45) is 4.77. The van der Waals surface area contributed by atoms with Gasteiger partial charge in [-0.1, -0.05) is 135 Å². The SMILES string of the molecule is CN1C2CCC1CC(OC(c1ccccc1)c1ccccc1)C2.Cc1c2oc3c(C)ccc(C(=O)NC4C(=O)NC(C(C)C)C(=O)C5CCCC5C(=O)N(C)CC(=O)N(C)C(C(C)C)C(=O)OC4C)c3nc-2c(C(=O)NC2C(=O)NC(C(C)C)C(=O)C3CCCC3C(=O)N(C)CC(=O)N(C)C(C(C)C)C(=O)OC2C)c(N)c1=O.O=S(=O)(O)O. The number of nitrogen functional groups attached to an aromatic ring is 1. The largest absolute Gasteiger partial charge is 0.458 e. The summed E-state index contributed by atoms with van der Waals surface area (Å²) < 4.78 is 56.6. The lowest BCUT2D eigenvalue weighted by Gasteiger charge is -2.38. The third kappa shape index (κ3) is 20.9. The Morgan fingerprint density at radius 3 is 1.39 bits per heavy atom. The smallest absolute Gasteiger partial charge is 0.394 e. The molecule has 4 saturated heterocycles. The first-order valence-corrected chi connectivity index (χ1v) is 41.9. The van der Waals surface area contributed by atoms with Crippen molar-refractivity contribution in [3.63, 3.8) is 0 Å². The molecule has 5 heterocycles. The minimum Gasteiger partial charge on any atom is -0.458 e. The average Bonchev–Trinajstić information content (AvgIpc) is 1.09. The number of likely N-dealkylation sites (N-methyl/N-ethyl adjacent to an activating group) is 4. The van der Waals surface area contributed by atoms with Gasteiger partial charge in [0.05, 0.1) is 48.1 Å². The number of nitrogens with zero attached hydrogens (tertiary/aromatic N) is 6. The number of esters is 2. The molecule has 118 heavy (non-hydrogen) atoms. The minimum atomic E-state index is -4.67. The Balaban J connectivity index is 0.000000471. The van der Waals surface area contributed by atoms with Crippen LogP contribution in [0.4, 0.5) is 5.69 Å². The van der Waals surface area contributed by atoms with E-state index in [1.165, 1.54) is 108 Å². The van der Waals surface area contributed by atoms with Gasteiger partial charge in [0.25, 0.3) is 11.8 Å². The summed E-state index contributed by atoms with van der Waals surface area (Å²) in [5.74, 6) is -14.9. The van der Waals surface area contributed by atoms with Gasteiger partial charge in [-0.2, -0.15) is 8.42 Å². The van der Waals surface area contributed by atoms with Crippen molar-refractivity contribution in [1.82, 2.24) is 50.8 Å². The number of amides is 8. The van der Waals surface area contributed by atoms with Crippen molar-refractivity contribution in [1.29, 1.82) is 0 Å².